The van der Waals surface area contributed by atoms with E-state index in [-0.39, 0.29) is 76.3 Å². The van der Waals surface area contributed by atoms with Crippen molar-refractivity contribution in [3.8, 4) is 0 Å². The Labute approximate surface area is 140 Å². The van der Waals surface area contributed by atoms with E-state index in [1.807, 2.05) is 0 Å². The molecule has 0 bridgehead atoms. The van der Waals surface area contributed by atoms with E-state index in [0.29, 0.717) is 0 Å². The topological polar surface area (TPSA) is 0 Å². The van der Waals surface area contributed by atoms with Crippen molar-refractivity contribution in [1.29, 1.82) is 0 Å². The number of unbranched alkanes of at least 4 members (excludes halogenated alkanes) is 4. The Morgan fingerprint density at radius 1 is 0.583 bits per heavy atom. The molecule has 0 radical (unpaired) electrons. The van der Waals surface area contributed by atoms with E-state index in [2.05, 4.69) is 27.7 Å². The van der Waals surface area contributed by atoms with Crippen molar-refractivity contribution in [1.82, 2.24) is 0 Å². The molecule has 12 heavy (non-hydrogen) atoms. The molecule has 2 heteroatoms. The summed E-state index contributed by atoms with van der Waals surface area (Å²) in [6, 6.07) is 0. The largest absolute Gasteiger partial charge is 0.372 e. The Bertz CT molecular complexity index is 34.8. The third kappa shape index (κ3) is 39.0. The molecule has 0 rings (SSSR count). The van der Waals surface area contributed by atoms with Crippen LogP contribution in [-0.2, 0) is 0 Å². The predicted molar refractivity (Wildman–Crippen MR) is 49.1 cm³/mol. The summed E-state index contributed by atoms with van der Waals surface area (Å²) >= 11 is 0. The van der Waals surface area contributed by atoms with E-state index in [4.69, 9.17) is 0 Å². The van der Waals surface area contributed by atoms with Gasteiger partial charge in [0.25, 0.3) is 0 Å². The fourth-order valence-electron chi connectivity index (χ4n) is 0.530. The van der Waals surface area contributed by atoms with Crippen LogP contribution in [-0.4, -0.2) is 0 Å². The van der Waals surface area contributed by atoms with E-state index in [1.165, 1.54) is 19.3 Å². The number of hydrogen-bond donors (Lipinski definition) is 0. The van der Waals surface area contributed by atoms with Crippen LogP contribution in [0.2, 0.25) is 0 Å². The first-order valence-corrected chi connectivity index (χ1v) is 4.00. The molecule has 0 spiro atoms. The van der Waals surface area contributed by atoms with Crippen molar-refractivity contribution in [2.24, 2.45) is 0 Å². The maximum atomic E-state index is 3.74. The van der Waals surface area contributed by atoms with Gasteiger partial charge in [0.1, 0.15) is 0 Å². The first-order valence-electron chi connectivity index (χ1n) is 4.00. The standard InChI is InChI=1S/C7H14.C3H6.2Dy/c1-3-5-7-6-4-2;1-3-2;;/h1-7H2;1-3H2;;/q2*-2;;. The molecule has 0 nitrogen and oxygen atoms in total. The van der Waals surface area contributed by atoms with Crippen LogP contribution in [0.1, 0.15) is 38.5 Å². The zero-order valence-corrected chi connectivity index (χ0v) is 11.8. The van der Waals surface area contributed by atoms with E-state index in [0.717, 1.165) is 19.3 Å². The minimum Gasteiger partial charge on any atom is -0.372 e. The summed E-state index contributed by atoms with van der Waals surface area (Å²) in [5, 5.41) is 0. The summed E-state index contributed by atoms with van der Waals surface area (Å²) in [5.74, 6) is 0. The van der Waals surface area contributed by atoms with Crippen LogP contribution in [0.5, 0.6) is 0 Å². The van der Waals surface area contributed by atoms with Gasteiger partial charge in [-0.05, 0) is 0 Å². The van der Waals surface area contributed by atoms with E-state index < -0.39 is 0 Å². The van der Waals surface area contributed by atoms with Crippen molar-refractivity contribution >= 4 is 0 Å². The third-order valence-corrected chi connectivity index (χ3v) is 1.000. The summed E-state index contributed by atoms with van der Waals surface area (Å²) < 4.78 is 0. The first-order chi connectivity index (χ1) is 4.83. The second kappa shape index (κ2) is 29.2. The van der Waals surface area contributed by atoms with Crippen LogP contribution in [0.25, 0.3) is 0 Å². The van der Waals surface area contributed by atoms with Gasteiger partial charge in [-0.2, -0.15) is 12.8 Å². The van der Waals surface area contributed by atoms with Crippen molar-refractivity contribution < 1.29 is 76.3 Å². The van der Waals surface area contributed by atoms with E-state index in [1.54, 1.807) is 0 Å². The van der Waals surface area contributed by atoms with Gasteiger partial charge in [-0.1, -0.05) is 19.3 Å². The van der Waals surface area contributed by atoms with Crippen molar-refractivity contribution in [3.63, 3.8) is 0 Å². The molecule has 0 aromatic rings. The van der Waals surface area contributed by atoms with Gasteiger partial charge >= 0.3 is 0 Å². The zero-order valence-electron chi connectivity index (χ0n) is 7.70. The summed E-state index contributed by atoms with van der Waals surface area (Å²) in [6.45, 7) is 14.2. The van der Waals surface area contributed by atoms with Gasteiger partial charge in [0.2, 0.25) is 0 Å². The smallest absolute Gasteiger partial charge is 0 e. The van der Waals surface area contributed by atoms with Crippen molar-refractivity contribution in [2.45, 2.75) is 38.5 Å². The molecule has 0 aliphatic heterocycles. The Morgan fingerprint density at radius 2 is 0.833 bits per heavy atom. The zero-order chi connectivity index (χ0) is 8.24. The molecule has 0 aliphatic carbocycles. The molecule has 0 aromatic heterocycles. The van der Waals surface area contributed by atoms with E-state index >= 15 is 0 Å². The third-order valence-electron chi connectivity index (χ3n) is 1.000. The molecule has 0 aromatic carbocycles. The first kappa shape index (κ1) is 24.0. The number of rotatable bonds is 4. The summed E-state index contributed by atoms with van der Waals surface area (Å²) in [6.07, 6.45) is 6.78. The monoisotopic (exact) mass is 468 g/mol. The van der Waals surface area contributed by atoms with Gasteiger partial charge in [0.05, 0.1) is 0 Å². The number of hydrogen-bond acceptors (Lipinski definition) is 0. The summed E-state index contributed by atoms with van der Waals surface area (Å²) in [4.78, 5) is 0. The average Bonchev–Trinajstić information content (AvgIpc) is 1.91. The molecule has 0 saturated carbocycles. The Balaban J connectivity index is -0.0000000569. The van der Waals surface area contributed by atoms with Gasteiger partial charge in [0.15, 0.2) is 0 Å². The molecule has 84 valence electrons. The van der Waals surface area contributed by atoms with Crippen molar-refractivity contribution in [2.75, 3.05) is 0 Å². The van der Waals surface area contributed by atoms with Gasteiger partial charge in [-0.15, -0.1) is 0 Å². The molecule has 0 aliphatic rings. The molecular weight excluding hydrogens is 445 g/mol. The van der Waals surface area contributed by atoms with Crippen LogP contribution in [0.15, 0.2) is 0 Å². The fourth-order valence-corrected chi connectivity index (χ4v) is 0.530. The molecule has 0 fully saturated rings. The second-order valence-corrected chi connectivity index (χ2v) is 2.12. The second-order valence-electron chi connectivity index (χ2n) is 2.12. The molecule has 0 heterocycles. The maximum Gasteiger partial charge on any atom is 0 e. The van der Waals surface area contributed by atoms with Crippen LogP contribution in [0.3, 0.4) is 0 Å². The van der Waals surface area contributed by atoms with Crippen LogP contribution in [0, 0.1) is 104 Å². The van der Waals surface area contributed by atoms with Crippen LogP contribution >= 0.6 is 0 Å². The molecule has 0 unspecified atom stereocenters. The van der Waals surface area contributed by atoms with Crippen molar-refractivity contribution in [3.05, 3.63) is 27.7 Å². The van der Waals surface area contributed by atoms with Gasteiger partial charge in [0, 0.05) is 76.3 Å². The van der Waals surface area contributed by atoms with Crippen LogP contribution in [0.4, 0.5) is 0 Å². The normalized spacial score (nSPS) is 7.00. The Hall–Kier alpha value is 2.55. The quantitative estimate of drug-likeness (QED) is 0.440. The van der Waals surface area contributed by atoms with Gasteiger partial charge in [-0.3, -0.25) is 0 Å². The van der Waals surface area contributed by atoms with E-state index in [9.17, 15) is 0 Å². The molecule has 0 N–H and O–H groups in total. The Morgan fingerprint density at radius 3 is 1.00 bits per heavy atom. The molecule has 0 atom stereocenters. The molecule has 0 amide bonds. The predicted octanol–water partition coefficient (Wildman–Crippen LogP) is 3.65. The molecular formula is C10H20Dy2-4. The SMILES string of the molecule is [CH2-]CCCCC[CH2-].[CH2-]C[CH2-].[Dy].[Dy]. The summed E-state index contributed by atoms with van der Waals surface area (Å²) in [7, 11) is 0. The minimum atomic E-state index is 0. The minimum absolute atomic E-state index is 0. The summed E-state index contributed by atoms with van der Waals surface area (Å²) in [5.41, 5.74) is 0. The van der Waals surface area contributed by atoms with Gasteiger partial charge in [-0.25, -0.2) is 0 Å². The van der Waals surface area contributed by atoms with Crippen LogP contribution < -0.4 is 0 Å². The Kier molecular flexibility index (Phi) is 58.4. The molecule has 0 saturated heterocycles. The van der Waals surface area contributed by atoms with Gasteiger partial charge < -0.3 is 34.1 Å². The average molecular weight is 465 g/mol. The maximum absolute atomic E-state index is 3.74. The fraction of sp³-hybridized carbons (Fsp3) is 0.600.